The van der Waals surface area contributed by atoms with E-state index in [0.29, 0.717) is 12.4 Å². The van der Waals surface area contributed by atoms with E-state index in [-0.39, 0.29) is 16.0 Å². The van der Waals surface area contributed by atoms with Gasteiger partial charge in [-0.05, 0) is 30.9 Å². The maximum atomic E-state index is 5.83. The molecule has 1 aliphatic carbocycles. The maximum Gasteiger partial charge on any atom is 0.245 e. The van der Waals surface area contributed by atoms with Crippen LogP contribution >= 0.6 is 23.2 Å². The van der Waals surface area contributed by atoms with Gasteiger partial charge in [0.1, 0.15) is 0 Å². The fourth-order valence-electron chi connectivity index (χ4n) is 1.67. The van der Waals surface area contributed by atoms with E-state index in [4.69, 9.17) is 27.9 Å². The van der Waals surface area contributed by atoms with Gasteiger partial charge in [-0.15, -0.1) is 10.2 Å². The van der Waals surface area contributed by atoms with E-state index < -0.39 is 0 Å². The van der Waals surface area contributed by atoms with Crippen molar-refractivity contribution in [1.29, 1.82) is 0 Å². The molecule has 1 saturated carbocycles. The molecule has 1 N–H and O–H groups in total. The monoisotopic (exact) mass is 262 g/mol. The van der Waals surface area contributed by atoms with Gasteiger partial charge in [-0.3, -0.25) is 0 Å². The van der Waals surface area contributed by atoms with Crippen LogP contribution in [0.3, 0.4) is 0 Å². The summed E-state index contributed by atoms with van der Waals surface area (Å²) < 4.78 is 5.46. The molecule has 1 aliphatic rings. The van der Waals surface area contributed by atoms with Crippen molar-refractivity contribution in [2.75, 3.05) is 19.0 Å². The molecule has 0 aromatic carbocycles. The quantitative estimate of drug-likeness (QED) is 0.901. The number of rotatable bonds is 4. The van der Waals surface area contributed by atoms with Crippen molar-refractivity contribution in [1.82, 2.24) is 15.2 Å². The van der Waals surface area contributed by atoms with E-state index in [9.17, 15) is 0 Å². The Kier molecular flexibility index (Phi) is 3.47. The highest BCUT2D eigenvalue weighted by atomic mass is 35.5. The number of aromatic nitrogens is 3. The molecule has 0 bridgehead atoms. The summed E-state index contributed by atoms with van der Waals surface area (Å²) in [5.41, 5.74) is -0.0965. The van der Waals surface area contributed by atoms with E-state index in [1.807, 2.05) is 0 Å². The molecule has 0 amide bonds. The predicted octanol–water partition coefficient (Wildman–Crippen LogP) is 2.16. The van der Waals surface area contributed by atoms with Crippen molar-refractivity contribution < 1.29 is 4.74 Å². The van der Waals surface area contributed by atoms with Crippen LogP contribution < -0.4 is 5.32 Å². The molecular formula is C9H12Cl2N4O. The molecular weight excluding hydrogens is 251 g/mol. The summed E-state index contributed by atoms with van der Waals surface area (Å²) in [6.07, 6.45) is 3.27. The number of hydrogen-bond acceptors (Lipinski definition) is 5. The fraction of sp³-hybridized carbons (Fsp3) is 0.667. The Bertz CT molecular complexity index is 378. The molecule has 1 fully saturated rings. The van der Waals surface area contributed by atoms with Crippen molar-refractivity contribution in [2.45, 2.75) is 24.9 Å². The summed E-state index contributed by atoms with van der Waals surface area (Å²) in [5.74, 6) is 0.449. The summed E-state index contributed by atoms with van der Waals surface area (Å²) in [7, 11) is 1.72. The summed E-state index contributed by atoms with van der Waals surface area (Å²) in [5, 5.41) is 10.6. The molecule has 0 aliphatic heterocycles. The second-order valence-corrected chi connectivity index (χ2v) is 4.51. The molecule has 0 atom stereocenters. The zero-order chi connectivity index (χ0) is 11.6. The highest BCUT2D eigenvalue weighted by Gasteiger charge is 2.36. The van der Waals surface area contributed by atoms with Crippen molar-refractivity contribution in [2.24, 2.45) is 0 Å². The van der Waals surface area contributed by atoms with Gasteiger partial charge in [-0.25, -0.2) is 0 Å². The Labute approximate surface area is 104 Å². The lowest BCUT2D eigenvalue weighted by Crippen LogP contribution is -2.45. The molecule has 5 nitrogen and oxygen atoms in total. The van der Waals surface area contributed by atoms with Gasteiger partial charge in [-0.1, -0.05) is 11.6 Å². The Morgan fingerprint density at radius 3 is 2.69 bits per heavy atom. The summed E-state index contributed by atoms with van der Waals surface area (Å²) in [6.45, 7) is 0.651. The summed E-state index contributed by atoms with van der Waals surface area (Å²) >= 11 is 11.5. The smallest absolute Gasteiger partial charge is 0.245 e. The van der Waals surface area contributed by atoms with Crippen molar-refractivity contribution in [3.05, 3.63) is 10.4 Å². The highest BCUT2D eigenvalue weighted by Crippen LogP contribution is 2.35. The first kappa shape index (κ1) is 11.8. The predicted molar refractivity (Wildman–Crippen MR) is 61.9 cm³/mol. The summed E-state index contributed by atoms with van der Waals surface area (Å²) in [6, 6.07) is 0. The number of hydrogen-bond donors (Lipinski definition) is 1. The second-order valence-electron chi connectivity index (χ2n) is 3.81. The fourth-order valence-corrected chi connectivity index (χ4v) is 1.94. The van der Waals surface area contributed by atoms with E-state index in [0.717, 1.165) is 12.8 Å². The first-order valence-corrected chi connectivity index (χ1v) is 5.75. The van der Waals surface area contributed by atoms with E-state index in [2.05, 4.69) is 20.5 Å². The van der Waals surface area contributed by atoms with Crippen LogP contribution in [-0.4, -0.2) is 34.4 Å². The number of anilines is 1. The third kappa shape index (κ3) is 2.36. The standard InChI is InChI=1S/C9H12Cl2N4O/c1-16-9(3-2-4-9)5-12-7-6(10)14-15-8(11)13-7/h2-5H2,1H3,(H,12,13,15). The van der Waals surface area contributed by atoms with Gasteiger partial charge in [0.15, 0.2) is 11.0 Å². The number of nitrogens with zero attached hydrogens (tertiary/aromatic N) is 3. The topological polar surface area (TPSA) is 59.9 Å². The van der Waals surface area contributed by atoms with Crippen LogP contribution in [0.1, 0.15) is 19.3 Å². The Hall–Kier alpha value is -0.650. The van der Waals surface area contributed by atoms with Gasteiger partial charge in [0, 0.05) is 13.7 Å². The molecule has 16 heavy (non-hydrogen) atoms. The molecule has 2 rings (SSSR count). The zero-order valence-electron chi connectivity index (χ0n) is 8.83. The van der Waals surface area contributed by atoms with Crippen LogP contribution in [0.25, 0.3) is 0 Å². The zero-order valence-corrected chi connectivity index (χ0v) is 10.3. The Balaban J connectivity index is 2.01. The third-order valence-electron chi connectivity index (χ3n) is 2.90. The molecule has 1 aromatic rings. The SMILES string of the molecule is COC1(CNc2nc(Cl)nnc2Cl)CCC1. The minimum atomic E-state index is -0.0965. The largest absolute Gasteiger partial charge is 0.376 e. The third-order valence-corrected chi connectivity index (χ3v) is 3.31. The lowest BCUT2D eigenvalue weighted by molar-refractivity contribution is -0.0601. The minimum Gasteiger partial charge on any atom is -0.376 e. The average Bonchev–Trinajstić information content (AvgIpc) is 2.22. The number of methoxy groups -OCH3 is 1. The van der Waals surface area contributed by atoms with Crippen LogP contribution in [-0.2, 0) is 4.74 Å². The van der Waals surface area contributed by atoms with Crippen molar-refractivity contribution in [3.63, 3.8) is 0 Å². The van der Waals surface area contributed by atoms with Crippen LogP contribution in [0, 0.1) is 0 Å². The normalized spacial score (nSPS) is 17.9. The molecule has 0 radical (unpaired) electrons. The number of ether oxygens (including phenoxy) is 1. The minimum absolute atomic E-state index is 0.0759. The van der Waals surface area contributed by atoms with Gasteiger partial charge in [0.05, 0.1) is 5.60 Å². The molecule has 7 heteroatoms. The van der Waals surface area contributed by atoms with E-state index in [1.165, 1.54) is 6.42 Å². The Morgan fingerprint density at radius 2 is 2.12 bits per heavy atom. The van der Waals surface area contributed by atoms with Gasteiger partial charge in [0.25, 0.3) is 0 Å². The van der Waals surface area contributed by atoms with Crippen LogP contribution in [0.5, 0.6) is 0 Å². The average molecular weight is 263 g/mol. The highest BCUT2D eigenvalue weighted by molar-refractivity contribution is 6.32. The number of halogens is 2. The molecule has 1 heterocycles. The lowest BCUT2D eigenvalue weighted by Gasteiger charge is -2.40. The Morgan fingerprint density at radius 1 is 1.38 bits per heavy atom. The molecule has 0 unspecified atom stereocenters. The molecule has 1 aromatic heterocycles. The van der Waals surface area contributed by atoms with Crippen LogP contribution in [0.4, 0.5) is 5.82 Å². The van der Waals surface area contributed by atoms with Gasteiger partial charge < -0.3 is 10.1 Å². The van der Waals surface area contributed by atoms with Gasteiger partial charge in [0.2, 0.25) is 5.28 Å². The van der Waals surface area contributed by atoms with E-state index >= 15 is 0 Å². The first-order chi connectivity index (χ1) is 7.65. The van der Waals surface area contributed by atoms with Crippen molar-refractivity contribution in [3.8, 4) is 0 Å². The van der Waals surface area contributed by atoms with E-state index in [1.54, 1.807) is 7.11 Å². The lowest BCUT2D eigenvalue weighted by atomic mass is 9.80. The molecule has 0 spiro atoms. The van der Waals surface area contributed by atoms with Crippen LogP contribution in [0.15, 0.2) is 0 Å². The maximum absolute atomic E-state index is 5.83. The first-order valence-electron chi connectivity index (χ1n) is 5.00. The van der Waals surface area contributed by atoms with Crippen LogP contribution in [0.2, 0.25) is 10.4 Å². The molecule has 0 saturated heterocycles. The van der Waals surface area contributed by atoms with Gasteiger partial charge in [-0.2, -0.15) is 4.98 Å². The molecule has 88 valence electrons. The second kappa shape index (κ2) is 4.69. The van der Waals surface area contributed by atoms with Gasteiger partial charge >= 0.3 is 0 Å². The van der Waals surface area contributed by atoms with Crippen molar-refractivity contribution >= 4 is 29.0 Å². The number of nitrogens with one attached hydrogen (secondary N) is 1. The summed E-state index contributed by atoms with van der Waals surface area (Å²) in [4.78, 5) is 3.96.